The lowest BCUT2D eigenvalue weighted by Gasteiger charge is -2.23. The molecule has 7 nitrogen and oxygen atoms in total. The summed E-state index contributed by atoms with van der Waals surface area (Å²) in [5.74, 6) is 1.90. The zero-order valence-corrected chi connectivity index (χ0v) is 13.8. The summed E-state index contributed by atoms with van der Waals surface area (Å²) in [7, 11) is 4.67. The average Bonchev–Trinajstić information content (AvgIpc) is 2.92. The lowest BCUT2D eigenvalue weighted by molar-refractivity contribution is -0.116. The molecular weight excluding hydrogens is 318 g/mol. The molecule has 1 aliphatic rings. The first kappa shape index (κ1) is 15.4. The van der Waals surface area contributed by atoms with Crippen molar-refractivity contribution in [1.82, 2.24) is 4.98 Å². The number of nitrogen functional groups attached to an aromatic ring is 1. The summed E-state index contributed by atoms with van der Waals surface area (Å²) >= 11 is 1.37. The number of fused-ring (bicyclic) bond motifs is 1. The number of carbonyl (C=O) groups excluding carboxylic acids is 1. The van der Waals surface area contributed by atoms with E-state index in [2.05, 4.69) is 10.3 Å². The number of nitrogens with one attached hydrogen (secondary N) is 1. The van der Waals surface area contributed by atoms with Crippen molar-refractivity contribution in [3.63, 3.8) is 0 Å². The number of methoxy groups -OCH3 is 3. The zero-order valence-electron chi connectivity index (χ0n) is 13.0. The Bertz CT molecular complexity index is 734. The minimum Gasteiger partial charge on any atom is -0.493 e. The van der Waals surface area contributed by atoms with Gasteiger partial charge in [-0.1, -0.05) is 11.3 Å². The van der Waals surface area contributed by atoms with Crippen LogP contribution >= 0.6 is 11.3 Å². The monoisotopic (exact) mass is 335 g/mol. The van der Waals surface area contributed by atoms with Gasteiger partial charge in [0.1, 0.15) is 5.82 Å². The van der Waals surface area contributed by atoms with Crippen LogP contribution in [0.3, 0.4) is 0 Å². The molecule has 0 bridgehead atoms. The van der Waals surface area contributed by atoms with Gasteiger partial charge in [0.2, 0.25) is 11.7 Å². The first-order chi connectivity index (χ1) is 11.1. The standard InChI is InChI=1S/C15H17N3O4S/c1-20-9-4-7(5-10(21-2)12(9)22-3)8-6-11(19)17-14-13(8)23-15(16)18-14/h4-5,8H,6H2,1-3H3,(H2,16,18)(H,17,19)/t8-/m1/s1. The van der Waals surface area contributed by atoms with Gasteiger partial charge in [-0.3, -0.25) is 4.79 Å². The highest BCUT2D eigenvalue weighted by Crippen LogP contribution is 2.46. The van der Waals surface area contributed by atoms with E-state index >= 15 is 0 Å². The molecule has 0 aliphatic carbocycles. The summed E-state index contributed by atoms with van der Waals surface area (Å²) in [5, 5.41) is 3.18. The first-order valence-electron chi connectivity index (χ1n) is 6.93. The summed E-state index contributed by atoms with van der Waals surface area (Å²) in [6, 6.07) is 3.70. The Balaban J connectivity index is 2.13. The number of carbonyl (C=O) groups is 1. The topological polar surface area (TPSA) is 95.7 Å². The van der Waals surface area contributed by atoms with Crippen LogP contribution in [-0.2, 0) is 4.79 Å². The molecule has 3 N–H and O–H groups in total. The van der Waals surface area contributed by atoms with Gasteiger partial charge in [-0.15, -0.1) is 0 Å². The van der Waals surface area contributed by atoms with Crippen LogP contribution in [0.4, 0.5) is 10.9 Å². The van der Waals surface area contributed by atoms with Crippen molar-refractivity contribution in [2.75, 3.05) is 32.4 Å². The fourth-order valence-electron chi connectivity index (χ4n) is 2.71. The number of ether oxygens (including phenoxy) is 3. The maximum Gasteiger partial charge on any atom is 0.226 e. The molecule has 8 heteroatoms. The fourth-order valence-corrected chi connectivity index (χ4v) is 3.63. The second-order valence-corrected chi connectivity index (χ2v) is 6.09. The zero-order chi connectivity index (χ0) is 16.6. The predicted octanol–water partition coefficient (Wildman–Crippen LogP) is 2.23. The number of nitrogens with two attached hydrogens (primary N) is 1. The minimum absolute atomic E-state index is 0.0958. The largest absolute Gasteiger partial charge is 0.493 e. The molecule has 1 atom stereocenters. The van der Waals surface area contributed by atoms with Gasteiger partial charge in [0, 0.05) is 12.3 Å². The average molecular weight is 335 g/mol. The second-order valence-electron chi connectivity index (χ2n) is 5.03. The van der Waals surface area contributed by atoms with E-state index in [0.29, 0.717) is 34.6 Å². The minimum atomic E-state index is -0.151. The molecule has 1 amide bonds. The van der Waals surface area contributed by atoms with Crippen LogP contribution in [0, 0.1) is 0 Å². The molecule has 0 fully saturated rings. The van der Waals surface area contributed by atoms with Crippen LogP contribution in [0.25, 0.3) is 0 Å². The highest BCUT2D eigenvalue weighted by atomic mass is 32.1. The first-order valence-corrected chi connectivity index (χ1v) is 7.75. The lowest BCUT2D eigenvalue weighted by Crippen LogP contribution is -2.22. The number of anilines is 2. The van der Waals surface area contributed by atoms with E-state index in [0.717, 1.165) is 10.4 Å². The lowest BCUT2D eigenvalue weighted by atomic mass is 9.91. The summed E-state index contributed by atoms with van der Waals surface area (Å²) in [6.07, 6.45) is 0.313. The second kappa shape index (κ2) is 5.96. The molecule has 1 aliphatic heterocycles. The molecule has 0 radical (unpaired) electrons. The third kappa shape index (κ3) is 2.65. The molecule has 0 saturated heterocycles. The molecular formula is C15H17N3O4S. The quantitative estimate of drug-likeness (QED) is 0.889. The van der Waals surface area contributed by atoms with Crippen LogP contribution in [0.2, 0.25) is 0 Å². The van der Waals surface area contributed by atoms with Crippen molar-refractivity contribution < 1.29 is 19.0 Å². The number of rotatable bonds is 4. The highest BCUT2D eigenvalue weighted by Gasteiger charge is 2.31. The van der Waals surface area contributed by atoms with Gasteiger partial charge in [0.15, 0.2) is 16.6 Å². The van der Waals surface area contributed by atoms with Crippen LogP contribution in [0.1, 0.15) is 22.8 Å². The van der Waals surface area contributed by atoms with E-state index in [9.17, 15) is 4.79 Å². The highest BCUT2D eigenvalue weighted by molar-refractivity contribution is 7.16. The summed E-state index contributed by atoms with van der Waals surface area (Å²) in [5.41, 5.74) is 6.68. The van der Waals surface area contributed by atoms with Crippen LogP contribution < -0.4 is 25.3 Å². The van der Waals surface area contributed by atoms with Crippen LogP contribution in [0.5, 0.6) is 17.2 Å². The summed E-state index contributed by atoms with van der Waals surface area (Å²) in [4.78, 5) is 17.1. The van der Waals surface area contributed by atoms with Gasteiger partial charge in [-0.05, 0) is 17.7 Å². The Morgan fingerprint density at radius 3 is 2.43 bits per heavy atom. The number of benzene rings is 1. The molecule has 2 heterocycles. The van der Waals surface area contributed by atoms with Crippen LogP contribution in [0.15, 0.2) is 12.1 Å². The molecule has 1 aromatic carbocycles. The Morgan fingerprint density at radius 1 is 1.22 bits per heavy atom. The van der Waals surface area contributed by atoms with E-state index in [1.807, 2.05) is 12.1 Å². The van der Waals surface area contributed by atoms with Gasteiger partial charge < -0.3 is 25.3 Å². The number of aromatic nitrogens is 1. The Hall–Kier alpha value is -2.48. The molecule has 122 valence electrons. The van der Waals surface area contributed by atoms with E-state index in [4.69, 9.17) is 19.9 Å². The van der Waals surface area contributed by atoms with Crippen molar-refractivity contribution in [1.29, 1.82) is 0 Å². The number of amides is 1. The number of thiazole rings is 1. The molecule has 3 rings (SSSR count). The molecule has 23 heavy (non-hydrogen) atoms. The normalized spacial score (nSPS) is 16.5. The molecule has 2 aromatic rings. The van der Waals surface area contributed by atoms with Gasteiger partial charge in [-0.2, -0.15) is 0 Å². The molecule has 0 unspecified atom stereocenters. The smallest absolute Gasteiger partial charge is 0.226 e. The van der Waals surface area contributed by atoms with Gasteiger partial charge in [0.25, 0.3) is 0 Å². The Labute approximate surface area is 137 Å². The van der Waals surface area contributed by atoms with Gasteiger partial charge >= 0.3 is 0 Å². The van der Waals surface area contributed by atoms with E-state index < -0.39 is 0 Å². The van der Waals surface area contributed by atoms with Crippen molar-refractivity contribution in [3.05, 3.63) is 22.6 Å². The third-order valence-electron chi connectivity index (χ3n) is 3.72. The van der Waals surface area contributed by atoms with Crippen molar-refractivity contribution in [2.45, 2.75) is 12.3 Å². The number of hydrogen-bond acceptors (Lipinski definition) is 7. The summed E-state index contributed by atoms with van der Waals surface area (Å²) < 4.78 is 16.1. The fraction of sp³-hybridized carbons (Fsp3) is 0.333. The summed E-state index contributed by atoms with van der Waals surface area (Å²) in [6.45, 7) is 0. The van der Waals surface area contributed by atoms with Gasteiger partial charge in [0.05, 0.1) is 26.2 Å². The van der Waals surface area contributed by atoms with E-state index in [1.54, 1.807) is 21.3 Å². The molecule has 0 spiro atoms. The van der Waals surface area contributed by atoms with E-state index in [-0.39, 0.29) is 11.8 Å². The number of hydrogen-bond donors (Lipinski definition) is 2. The van der Waals surface area contributed by atoms with Crippen LogP contribution in [-0.4, -0.2) is 32.2 Å². The Morgan fingerprint density at radius 2 is 1.87 bits per heavy atom. The van der Waals surface area contributed by atoms with Crippen molar-refractivity contribution in [3.8, 4) is 17.2 Å². The molecule has 0 saturated carbocycles. The van der Waals surface area contributed by atoms with Gasteiger partial charge in [-0.25, -0.2) is 4.98 Å². The SMILES string of the molecule is COc1cc([C@H]2CC(=O)Nc3nc(N)sc32)cc(OC)c1OC. The third-order valence-corrected chi connectivity index (χ3v) is 4.72. The predicted molar refractivity (Wildman–Crippen MR) is 87.7 cm³/mol. The Kier molecular flexibility index (Phi) is 3.99. The van der Waals surface area contributed by atoms with Crippen molar-refractivity contribution in [2.24, 2.45) is 0 Å². The van der Waals surface area contributed by atoms with Crippen molar-refractivity contribution >= 4 is 28.2 Å². The maximum atomic E-state index is 12.0. The number of nitrogens with zero attached hydrogens (tertiary/aromatic N) is 1. The van der Waals surface area contributed by atoms with E-state index in [1.165, 1.54) is 11.3 Å². The maximum absolute atomic E-state index is 12.0. The molecule has 1 aromatic heterocycles.